The molecule has 0 spiro atoms. The molecular weight excluding hydrogens is 445 g/mol. The van der Waals surface area contributed by atoms with Crippen molar-refractivity contribution in [1.29, 1.82) is 0 Å². The quantitative estimate of drug-likeness (QED) is 0.593. The fourth-order valence-electron chi connectivity index (χ4n) is 3.17. The molecule has 1 aliphatic heterocycles. The van der Waals surface area contributed by atoms with Crippen molar-refractivity contribution in [3.8, 4) is 11.3 Å². The summed E-state index contributed by atoms with van der Waals surface area (Å²) in [5.41, 5.74) is 3.48. The van der Waals surface area contributed by atoms with Gasteiger partial charge in [0.1, 0.15) is 12.0 Å². The van der Waals surface area contributed by atoms with Gasteiger partial charge in [-0.25, -0.2) is 9.97 Å². The van der Waals surface area contributed by atoms with Crippen LogP contribution in [0.4, 0.5) is 11.4 Å². The third kappa shape index (κ3) is 5.21. The molecule has 4 rings (SSSR count). The van der Waals surface area contributed by atoms with Gasteiger partial charge >= 0.3 is 0 Å². The van der Waals surface area contributed by atoms with Crippen molar-refractivity contribution in [1.82, 2.24) is 15.3 Å². The van der Waals surface area contributed by atoms with E-state index in [1.165, 1.54) is 6.33 Å². The van der Waals surface area contributed by atoms with Gasteiger partial charge in [0.05, 0.1) is 15.7 Å². The van der Waals surface area contributed by atoms with Crippen LogP contribution in [0.25, 0.3) is 11.3 Å². The number of carbonyl (C=O) groups is 1. The first-order valence-corrected chi connectivity index (χ1v) is 10.0. The highest BCUT2D eigenvalue weighted by atomic mass is 35.5. The van der Waals surface area contributed by atoms with Crippen LogP contribution in [0.3, 0.4) is 0 Å². The van der Waals surface area contributed by atoms with Gasteiger partial charge in [-0.1, -0.05) is 29.3 Å². The summed E-state index contributed by atoms with van der Waals surface area (Å²) in [7, 11) is 0. The zero-order chi connectivity index (χ0) is 20.2. The van der Waals surface area contributed by atoms with E-state index in [1.807, 2.05) is 24.3 Å². The maximum atomic E-state index is 12.6. The summed E-state index contributed by atoms with van der Waals surface area (Å²) in [6, 6.07) is 14.7. The predicted octanol–water partition coefficient (Wildman–Crippen LogP) is 4.53. The lowest BCUT2D eigenvalue weighted by molar-refractivity contribution is 0.102. The Morgan fingerprint density at radius 3 is 2.40 bits per heavy atom. The summed E-state index contributed by atoms with van der Waals surface area (Å²) in [5.74, 6) is -0.302. The highest BCUT2D eigenvalue weighted by Gasteiger charge is 2.13. The Balaban J connectivity index is 0.00000256. The molecule has 9 heteroatoms. The maximum Gasteiger partial charge on any atom is 0.274 e. The summed E-state index contributed by atoms with van der Waals surface area (Å²) in [5, 5.41) is 7.11. The number of hydrogen-bond donors (Lipinski definition) is 2. The summed E-state index contributed by atoms with van der Waals surface area (Å²) in [6.45, 7) is 3.91. The lowest BCUT2D eigenvalue weighted by atomic mass is 10.1. The first-order chi connectivity index (χ1) is 14.1. The third-order valence-electron chi connectivity index (χ3n) is 4.72. The summed E-state index contributed by atoms with van der Waals surface area (Å²) in [4.78, 5) is 23.3. The summed E-state index contributed by atoms with van der Waals surface area (Å²) < 4.78 is 0. The van der Waals surface area contributed by atoms with Crippen LogP contribution >= 0.6 is 35.6 Å². The zero-order valence-electron chi connectivity index (χ0n) is 15.9. The van der Waals surface area contributed by atoms with Crippen LogP contribution in [-0.2, 0) is 0 Å². The average Bonchev–Trinajstić information content (AvgIpc) is 2.77. The number of piperazine rings is 1. The number of benzene rings is 2. The molecular formula is C21H20Cl3N5O. The number of rotatable bonds is 4. The highest BCUT2D eigenvalue weighted by Crippen LogP contribution is 2.27. The molecule has 1 saturated heterocycles. The molecule has 156 valence electrons. The monoisotopic (exact) mass is 463 g/mol. The number of amides is 1. The Morgan fingerprint density at radius 1 is 0.967 bits per heavy atom. The smallest absolute Gasteiger partial charge is 0.274 e. The number of nitrogens with one attached hydrogen (secondary N) is 2. The largest absolute Gasteiger partial charge is 0.369 e. The molecule has 1 amide bonds. The first kappa shape index (κ1) is 22.3. The number of hydrogen-bond acceptors (Lipinski definition) is 5. The van der Waals surface area contributed by atoms with Gasteiger partial charge in [0.15, 0.2) is 0 Å². The minimum atomic E-state index is -0.302. The topological polar surface area (TPSA) is 70.2 Å². The lowest BCUT2D eigenvalue weighted by Crippen LogP contribution is -2.43. The Bertz CT molecular complexity index is 1020. The number of anilines is 2. The predicted molar refractivity (Wildman–Crippen MR) is 124 cm³/mol. The highest BCUT2D eigenvalue weighted by molar-refractivity contribution is 6.42. The van der Waals surface area contributed by atoms with Gasteiger partial charge in [-0.05, 0) is 42.5 Å². The van der Waals surface area contributed by atoms with Crippen LogP contribution in [0.15, 0.2) is 54.9 Å². The molecule has 1 aromatic heterocycles. The first-order valence-electron chi connectivity index (χ1n) is 9.25. The van der Waals surface area contributed by atoms with E-state index in [-0.39, 0.29) is 24.0 Å². The molecule has 0 bridgehead atoms. The SMILES string of the molecule is Cl.O=C(Nc1ccc(N2CCNCC2)cc1)c1cc(-c2ccc(Cl)c(Cl)c2)ncn1. The minimum Gasteiger partial charge on any atom is -0.369 e. The average molecular weight is 465 g/mol. The van der Waals surface area contributed by atoms with Crippen molar-refractivity contribution in [3.05, 3.63) is 70.6 Å². The van der Waals surface area contributed by atoms with Gasteiger partial charge in [-0.3, -0.25) is 4.79 Å². The van der Waals surface area contributed by atoms with Gasteiger partial charge in [-0.15, -0.1) is 12.4 Å². The molecule has 1 aliphatic rings. The van der Waals surface area contributed by atoms with E-state index >= 15 is 0 Å². The molecule has 0 saturated carbocycles. The van der Waals surface area contributed by atoms with E-state index < -0.39 is 0 Å². The van der Waals surface area contributed by atoms with E-state index in [1.54, 1.807) is 24.3 Å². The second-order valence-electron chi connectivity index (χ2n) is 6.66. The van der Waals surface area contributed by atoms with Crippen LogP contribution in [0.5, 0.6) is 0 Å². The normalized spacial score (nSPS) is 13.5. The third-order valence-corrected chi connectivity index (χ3v) is 5.46. The van der Waals surface area contributed by atoms with E-state index in [2.05, 4.69) is 25.5 Å². The van der Waals surface area contributed by atoms with Crippen LogP contribution in [0.1, 0.15) is 10.5 Å². The molecule has 2 aromatic carbocycles. The van der Waals surface area contributed by atoms with Gasteiger partial charge in [0, 0.05) is 43.1 Å². The Kier molecular flexibility index (Phi) is 7.50. The van der Waals surface area contributed by atoms with Crippen molar-refractivity contribution in [2.75, 3.05) is 36.4 Å². The van der Waals surface area contributed by atoms with E-state index in [4.69, 9.17) is 23.2 Å². The van der Waals surface area contributed by atoms with Crippen molar-refractivity contribution in [2.45, 2.75) is 0 Å². The van der Waals surface area contributed by atoms with Crippen LogP contribution in [0, 0.1) is 0 Å². The van der Waals surface area contributed by atoms with Crippen LogP contribution in [-0.4, -0.2) is 42.1 Å². The number of halogens is 3. The molecule has 6 nitrogen and oxygen atoms in total. The molecule has 0 unspecified atom stereocenters. The Hall–Kier alpha value is -2.38. The summed E-state index contributed by atoms with van der Waals surface area (Å²) in [6.07, 6.45) is 1.36. The molecule has 1 fully saturated rings. The molecule has 30 heavy (non-hydrogen) atoms. The number of aromatic nitrogens is 2. The van der Waals surface area contributed by atoms with Crippen molar-refractivity contribution in [3.63, 3.8) is 0 Å². The fraction of sp³-hybridized carbons (Fsp3) is 0.190. The second kappa shape index (κ2) is 10.1. The van der Waals surface area contributed by atoms with Crippen molar-refractivity contribution < 1.29 is 4.79 Å². The molecule has 0 atom stereocenters. The van der Waals surface area contributed by atoms with E-state index in [0.29, 0.717) is 21.4 Å². The summed E-state index contributed by atoms with van der Waals surface area (Å²) >= 11 is 12.0. The van der Waals surface area contributed by atoms with E-state index in [0.717, 1.165) is 37.4 Å². The van der Waals surface area contributed by atoms with Crippen molar-refractivity contribution >= 4 is 52.9 Å². The molecule has 2 N–H and O–H groups in total. The zero-order valence-corrected chi connectivity index (χ0v) is 18.3. The lowest BCUT2D eigenvalue weighted by Gasteiger charge is -2.29. The van der Waals surface area contributed by atoms with Crippen molar-refractivity contribution in [2.24, 2.45) is 0 Å². The molecule has 2 heterocycles. The maximum absolute atomic E-state index is 12.6. The van der Waals surface area contributed by atoms with E-state index in [9.17, 15) is 4.79 Å². The van der Waals surface area contributed by atoms with Crippen LogP contribution < -0.4 is 15.5 Å². The molecule has 0 radical (unpaired) electrons. The molecule has 3 aromatic rings. The molecule has 0 aliphatic carbocycles. The standard InChI is InChI=1S/C21H19Cl2N5O.ClH/c22-17-6-1-14(11-18(17)23)19-12-20(26-13-25-19)21(29)27-15-2-4-16(5-3-15)28-9-7-24-8-10-28;/h1-6,11-13,24H,7-10H2,(H,27,29);1H. The second-order valence-corrected chi connectivity index (χ2v) is 7.47. The Morgan fingerprint density at radius 2 is 1.70 bits per heavy atom. The van der Waals surface area contributed by atoms with Gasteiger partial charge in [0.25, 0.3) is 5.91 Å². The number of nitrogens with zero attached hydrogens (tertiary/aromatic N) is 3. The van der Waals surface area contributed by atoms with Gasteiger partial charge < -0.3 is 15.5 Å². The fourth-order valence-corrected chi connectivity index (χ4v) is 3.47. The minimum absolute atomic E-state index is 0. The van der Waals surface area contributed by atoms with Gasteiger partial charge in [0.2, 0.25) is 0 Å². The number of carbonyl (C=O) groups excluding carboxylic acids is 1. The van der Waals surface area contributed by atoms with Crippen LogP contribution in [0.2, 0.25) is 10.0 Å². The van der Waals surface area contributed by atoms with Gasteiger partial charge in [-0.2, -0.15) is 0 Å². The Labute approximate surface area is 191 Å².